The summed E-state index contributed by atoms with van der Waals surface area (Å²) in [7, 11) is 0. The highest BCUT2D eigenvalue weighted by Crippen LogP contribution is 2.41. The minimum absolute atomic E-state index is 0.0625. The minimum Gasteiger partial charge on any atom is -0.486 e. The molecule has 8 heteroatoms. The maximum absolute atomic E-state index is 11.7. The van der Waals surface area contributed by atoms with Crippen LogP contribution in [0.15, 0.2) is 33.5 Å². The van der Waals surface area contributed by atoms with Gasteiger partial charge >= 0.3 is 11.6 Å². The third-order valence-corrected chi connectivity index (χ3v) is 5.03. The van der Waals surface area contributed by atoms with Crippen molar-refractivity contribution in [2.24, 2.45) is 0 Å². The summed E-state index contributed by atoms with van der Waals surface area (Å²) in [6, 6.07) is 6.39. The highest BCUT2D eigenvalue weighted by Gasteiger charge is 2.48. The fraction of sp³-hybridized carbons (Fsp3) is 0.474. The zero-order valence-corrected chi connectivity index (χ0v) is 14.9. The van der Waals surface area contributed by atoms with Crippen LogP contribution in [-0.4, -0.2) is 46.2 Å². The number of fused-ring (bicyclic) bond motifs is 3. The summed E-state index contributed by atoms with van der Waals surface area (Å²) in [5, 5.41) is 21.6. The third kappa shape index (κ3) is 3.15. The van der Waals surface area contributed by atoms with Gasteiger partial charge in [-0.1, -0.05) is 0 Å². The van der Waals surface area contributed by atoms with Gasteiger partial charge in [-0.15, -0.1) is 0 Å². The zero-order chi connectivity index (χ0) is 19.4. The van der Waals surface area contributed by atoms with Gasteiger partial charge in [0.05, 0.1) is 0 Å². The van der Waals surface area contributed by atoms with Crippen LogP contribution in [0, 0.1) is 0 Å². The second-order valence-corrected chi connectivity index (χ2v) is 7.55. The number of esters is 1. The Kier molecular flexibility index (Phi) is 3.94. The van der Waals surface area contributed by atoms with Crippen LogP contribution >= 0.6 is 0 Å². The Morgan fingerprint density at radius 2 is 1.96 bits per heavy atom. The quantitative estimate of drug-likeness (QED) is 0.605. The molecule has 0 spiro atoms. The van der Waals surface area contributed by atoms with E-state index in [2.05, 4.69) is 0 Å². The van der Waals surface area contributed by atoms with E-state index >= 15 is 0 Å². The van der Waals surface area contributed by atoms with Crippen molar-refractivity contribution in [1.29, 1.82) is 0 Å². The number of rotatable bonds is 3. The Labute approximate surface area is 154 Å². The molecule has 0 radical (unpaired) electrons. The Hall–Kier alpha value is -2.58. The number of hydrogen-bond donors (Lipinski definition) is 2. The topological polar surface area (TPSA) is 115 Å². The number of carbonyl (C=O) groups is 1. The summed E-state index contributed by atoms with van der Waals surface area (Å²) in [5.74, 6) is -0.0431. The molecule has 1 saturated heterocycles. The molecule has 4 atom stereocenters. The van der Waals surface area contributed by atoms with E-state index in [1.807, 2.05) is 0 Å². The van der Waals surface area contributed by atoms with E-state index < -0.39 is 35.0 Å². The number of hydrogen-bond acceptors (Lipinski definition) is 8. The van der Waals surface area contributed by atoms with Gasteiger partial charge in [0.15, 0.2) is 23.0 Å². The van der Waals surface area contributed by atoms with Crippen LogP contribution < -0.4 is 15.1 Å². The van der Waals surface area contributed by atoms with Gasteiger partial charge in [0, 0.05) is 24.3 Å². The first-order valence-corrected chi connectivity index (χ1v) is 8.68. The highest BCUT2D eigenvalue weighted by atomic mass is 16.6. The van der Waals surface area contributed by atoms with Crippen molar-refractivity contribution in [3.63, 3.8) is 0 Å². The highest BCUT2D eigenvalue weighted by molar-refractivity contribution is 5.85. The van der Waals surface area contributed by atoms with Gasteiger partial charge in [-0.25, -0.2) is 9.59 Å². The number of aliphatic hydroxyl groups is 2. The number of benzene rings is 1. The first-order valence-electron chi connectivity index (χ1n) is 8.68. The fourth-order valence-corrected chi connectivity index (χ4v) is 3.52. The summed E-state index contributed by atoms with van der Waals surface area (Å²) in [6.45, 7) is 3.00. The van der Waals surface area contributed by atoms with E-state index in [0.29, 0.717) is 11.1 Å². The SMILES string of the molecule is CC1(O)CC(CC(C)(O)C2COc3ccc4ccc(=O)oc4c3O2)OC1=O. The van der Waals surface area contributed by atoms with Gasteiger partial charge in [-0.3, -0.25) is 0 Å². The van der Waals surface area contributed by atoms with Crippen molar-refractivity contribution in [1.82, 2.24) is 0 Å². The Morgan fingerprint density at radius 1 is 1.22 bits per heavy atom. The Balaban J connectivity index is 1.59. The summed E-state index contributed by atoms with van der Waals surface area (Å²) in [4.78, 5) is 23.2. The van der Waals surface area contributed by atoms with Gasteiger partial charge in [0.2, 0.25) is 5.75 Å². The van der Waals surface area contributed by atoms with Crippen molar-refractivity contribution < 1.29 is 33.6 Å². The Bertz CT molecular complexity index is 958. The van der Waals surface area contributed by atoms with Gasteiger partial charge in [-0.2, -0.15) is 0 Å². The van der Waals surface area contributed by atoms with E-state index in [1.54, 1.807) is 25.1 Å². The van der Waals surface area contributed by atoms with E-state index in [4.69, 9.17) is 18.6 Å². The van der Waals surface area contributed by atoms with Crippen molar-refractivity contribution in [3.05, 3.63) is 34.7 Å². The molecule has 1 aromatic heterocycles. The number of cyclic esters (lactones) is 1. The van der Waals surface area contributed by atoms with Gasteiger partial charge in [-0.05, 0) is 32.0 Å². The lowest BCUT2D eigenvalue weighted by atomic mass is 9.89. The van der Waals surface area contributed by atoms with Crippen molar-refractivity contribution in [2.45, 2.75) is 50.1 Å². The van der Waals surface area contributed by atoms with Crippen molar-refractivity contribution in [3.8, 4) is 11.5 Å². The van der Waals surface area contributed by atoms with E-state index in [1.165, 1.54) is 13.0 Å². The molecule has 2 N–H and O–H groups in total. The van der Waals surface area contributed by atoms with Crippen LogP contribution in [0.25, 0.3) is 11.0 Å². The predicted octanol–water partition coefficient (Wildman–Crippen LogP) is 1.14. The van der Waals surface area contributed by atoms with Gasteiger partial charge in [0.25, 0.3) is 0 Å². The zero-order valence-electron chi connectivity index (χ0n) is 14.9. The molecule has 27 heavy (non-hydrogen) atoms. The smallest absolute Gasteiger partial charge is 0.338 e. The lowest BCUT2D eigenvalue weighted by molar-refractivity contribution is -0.156. The minimum atomic E-state index is -1.56. The molecule has 1 aromatic carbocycles. The van der Waals surface area contributed by atoms with Crippen LogP contribution in [0.3, 0.4) is 0 Å². The number of ether oxygens (including phenoxy) is 3. The van der Waals surface area contributed by atoms with E-state index in [0.717, 1.165) is 0 Å². The normalized spacial score (nSPS) is 29.4. The maximum atomic E-state index is 11.7. The molecule has 144 valence electrons. The molecular weight excluding hydrogens is 356 g/mol. The molecule has 1 fully saturated rings. The summed E-state index contributed by atoms with van der Waals surface area (Å²) in [5.41, 5.74) is -3.25. The van der Waals surface area contributed by atoms with Gasteiger partial charge in [0.1, 0.15) is 18.3 Å². The average molecular weight is 376 g/mol. The fourth-order valence-electron chi connectivity index (χ4n) is 3.52. The third-order valence-electron chi connectivity index (χ3n) is 5.03. The van der Waals surface area contributed by atoms with Crippen LogP contribution in [0.5, 0.6) is 11.5 Å². The predicted molar refractivity (Wildman–Crippen MR) is 92.8 cm³/mol. The summed E-state index contributed by atoms with van der Waals surface area (Å²) in [6.07, 6.45) is -1.28. The second-order valence-electron chi connectivity index (χ2n) is 7.55. The lowest BCUT2D eigenvalue weighted by Gasteiger charge is -2.37. The van der Waals surface area contributed by atoms with E-state index in [9.17, 15) is 19.8 Å². The standard InChI is InChI=1S/C19H20O8/c1-18(22,7-11-8-19(2,23)17(21)25-11)13-9-24-12-5-3-10-4-6-14(20)27-15(10)16(12)26-13/h3-6,11,13,22-23H,7-9H2,1-2H3. The molecule has 0 bridgehead atoms. The van der Waals surface area contributed by atoms with Crippen LogP contribution in [0.1, 0.15) is 26.7 Å². The molecule has 2 aliphatic heterocycles. The molecule has 4 rings (SSSR count). The second kappa shape index (κ2) is 5.97. The molecule has 0 aliphatic carbocycles. The molecule has 4 unspecified atom stereocenters. The molecule has 2 aliphatic rings. The maximum Gasteiger partial charge on any atom is 0.338 e. The first kappa shape index (κ1) is 17.8. The molecule has 3 heterocycles. The summed E-state index contributed by atoms with van der Waals surface area (Å²) < 4.78 is 22.0. The molecule has 0 saturated carbocycles. The lowest BCUT2D eigenvalue weighted by Crippen LogP contribution is -2.50. The largest absolute Gasteiger partial charge is 0.486 e. The molecule has 8 nitrogen and oxygen atoms in total. The Morgan fingerprint density at radius 3 is 2.67 bits per heavy atom. The van der Waals surface area contributed by atoms with Crippen LogP contribution in [0.2, 0.25) is 0 Å². The van der Waals surface area contributed by atoms with Crippen LogP contribution in [-0.2, 0) is 9.53 Å². The number of carbonyl (C=O) groups excluding carboxylic acids is 1. The van der Waals surface area contributed by atoms with Gasteiger partial charge < -0.3 is 28.8 Å². The van der Waals surface area contributed by atoms with Crippen molar-refractivity contribution >= 4 is 16.9 Å². The van der Waals surface area contributed by atoms with Crippen molar-refractivity contribution in [2.75, 3.05) is 6.61 Å². The molecule has 0 amide bonds. The first-order chi connectivity index (χ1) is 12.7. The average Bonchev–Trinajstić information content (AvgIpc) is 2.85. The molecular formula is C19H20O8. The van der Waals surface area contributed by atoms with Crippen LogP contribution in [0.4, 0.5) is 0 Å². The monoisotopic (exact) mass is 376 g/mol. The van der Waals surface area contributed by atoms with E-state index in [-0.39, 0.29) is 30.8 Å². The molecule has 2 aromatic rings. The summed E-state index contributed by atoms with van der Waals surface area (Å²) >= 11 is 0.